The van der Waals surface area contributed by atoms with E-state index in [0.29, 0.717) is 12.6 Å². The van der Waals surface area contributed by atoms with Crippen LogP contribution in [-0.4, -0.2) is 48.2 Å². The molecule has 0 spiro atoms. The Labute approximate surface area is 124 Å². The van der Waals surface area contributed by atoms with Crippen LogP contribution in [0.2, 0.25) is 0 Å². The van der Waals surface area contributed by atoms with Crippen LogP contribution in [0.5, 0.6) is 0 Å². The molecule has 2 saturated heterocycles. The molecule has 21 heavy (non-hydrogen) atoms. The van der Waals surface area contributed by atoms with E-state index in [-0.39, 0.29) is 16.7 Å². The molecule has 1 aromatic rings. The third kappa shape index (κ3) is 3.33. The second-order valence-electron chi connectivity index (χ2n) is 5.94. The lowest BCUT2D eigenvalue weighted by molar-refractivity contribution is -0.384. The molecule has 2 atom stereocenters. The van der Waals surface area contributed by atoms with Crippen molar-refractivity contribution in [2.24, 2.45) is 0 Å². The van der Waals surface area contributed by atoms with Crippen LogP contribution in [0.1, 0.15) is 18.4 Å². The number of aryl methyl sites for hydroxylation is 1. The van der Waals surface area contributed by atoms with E-state index in [0.717, 1.165) is 24.4 Å². The fraction of sp³-hybridized carbons (Fsp3) is 0.600. The quantitative estimate of drug-likeness (QED) is 0.680. The molecule has 1 aromatic carbocycles. The van der Waals surface area contributed by atoms with E-state index < -0.39 is 0 Å². The summed E-state index contributed by atoms with van der Waals surface area (Å²) in [5, 5.41) is 14.2. The molecule has 0 saturated carbocycles. The zero-order chi connectivity index (χ0) is 14.8. The van der Waals surface area contributed by atoms with Crippen LogP contribution in [0.3, 0.4) is 0 Å². The van der Waals surface area contributed by atoms with Gasteiger partial charge in [-0.05, 0) is 37.9 Å². The molecular formula is C15H21N3O3. The first-order chi connectivity index (χ1) is 10.1. The minimum atomic E-state index is -0.357. The maximum absolute atomic E-state index is 10.9. The smallest absolute Gasteiger partial charge is 0.271 e. The number of nitro groups is 1. The standard InChI is InChI=1S/C15H21N3O3/c1-11-5-12(7-14(6-11)18(19)20)16-8-15-9-17-4-2-3-13(17)10-21-15/h5-7,13,15-16H,2-4,8-10H2,1H3. The summed E-state index contributed by atoms with van der Waals surface area (Å²) >= 11 is 0. The summed E-state index contributed by atoms with van der Waals surface area (Å²) in [6.45, 7) is 5.47. The predicted molar refractivity (Wildman–Crippen MR) is 80.7 cm³/mol. The fourth-order valence-electron chi connectivity index (χ4n) is 3.21. The Balaban J connectivity index is 1.59. The Morgan fingerprint density at radius 3 is 3.14 bits per heavy atom. The summed E-state index contributed by atoms with van der Waals surface area (Å²) in [4.78, 5) is 13.0. The molecule has 114 valence electrons. The van der Waals surface area contributed by atoms with Crippen molar-refractivity contribution in [1.82, 2.24) is 4.90 Å². The summed E-state index contributed by atoms with van der Waals surface area (Å²) in [7, 11) is 0. The highest BCUT2D eigenvalue weighted by Gasteiger charge is 2.31. The molecule has 2 heterocycles. The average molecular weight is 291 g/mol. The molecule has 2 fully saturated rings. The molecule has 2 aliphatic rings. The number of hydrogen-bond donors (Lipinski definition) is 1. The van der Waals surface area contributed by atoms with Gasteiger partial charge < -0.3 is 10.1 Å². The Bertz CT molecular complexity index is 535. The lowest BCUT2D eigenvalue weighted by atomic mass is 10.1. The van der Waals surface area contributed by atoms with Gasteiger partial charge in [0, 0.05) is 37.0 Å². The molecule has 6 nitrogen and oxygen atoms in total. The number of ether oxygens (including phenoxy) is 1. The predicted octanol–water partition coefficient (Wildman–Crippen LogP) is 2.18. The lowest BCUT2D eigenvalue weighted by Crippen LogP contribution is -2.48. The van der Waals surface area contributed by atoms with Gasteiger partial charge in [-0.2, -0.15) is 0 Å². The van der Waals surface area contributed by atoms with Crippen molar-refractivity contribution in [3.8, 4) is 0 Å². The molecule has 6 heteroatoms. The molecule has 2 aliphatic heterocycles. The SMILES string of the molecule is Cc1cc(NCC2CN3CCCC3CO2)cc([N+](=O)[O-])c1. The highest BCUT2D eigenvalue weighted by atomic mass is 16.6. The Hall–Kier alpha value is -1.66. The zero-order valence-electron chi connectivity index (χ0n) is 12.2. The molecule has 0 amide bonds. The first-order valence-electron chi connectivity index (χ1n) is 7.47. The largest absolute Gasteiger partial charge is 0.382 e. The number of morpholine rings is 1. The van der Waals surface area contributed by atoms with Crippen molar-refractivity contribution in [1.29, 1.82) is 0 Å². The van der Waals surface area contributed by atoms with Crippen LogP contribution in [0.25, 0.3) is 0 Å². The maximum Gasteiger partial charge on any atom is 0.271 e. The molecule has 0 aliphatic carbocycles. The van der Waals surface area contributed by atoms with Crippen LogP contribution in [0, 0.1) is 17.0 Å². The van der Waals surface area contributed by atoms with Crippen LogP contribution in [0.4, 0.5) is 11.4 Å². The summed E-state index contributed by atoms with van der Waals surface area (Å²) in [6.07, 6.45) is 2.65. The van der Waals surface area contributed by atoms with E-state index in [1.54, 1.807) is 12.1 Å². The van der Waals surface area contributed by atoms with E-state index >= 15 is 0 Å². The number of benzene rings is 1. The number of nitrogens with one attached hydrogen (secondary N) is 1. The van der Waals surface area contributed by atoms with Crippen molar-refractivity contribution in [2.75, 3.05) is 31.6 Å². The third-order valence-corrected chi connectivity index (χ3v) is 4.27. The van der Waals surface area contributed by atoms with Gasteiger partial charge >= 0.3 is 0 Å². The summed E-state index contributed by atoms with van der Waals surface area (Å²) in [6, 6.07) is 5.68. The van der Waals surface area contributed by atoms with Crippen LogP contribution in [0.15, 0.2) is 18.2 Å². The molecule has 0 bridgehead atoms. The number of non-ortho nitro benzene ring substituents is 1. The minimum absolute atomic E-state index is 0.127. The number of hydrogen-bond acceptors (Lipinski definition) is 5. The topological polar surface area (TPSA) is 67.6 Å². The first kappa shape index (κ1) is 14.3. The van der Waals surface area contributed by atoms with Crippen molar-refractivity contribution >= 4 is 11.4 Å². The Morgan fingerprint density at radius 2 is 2.33 bits per heavy atom. The minimum Gasteiger partial charge on any atom is -0.382 e. The Kier molecular flexibility index (Phi) is 4.07. The molecule has 0 aromatic heterocycles. The van der Waals surface area contributed by atoms with Crippen molar-refractivity contribution in [3.05, 3.63) is 33.9 Å². The van der Waals surface area contributed by atoms with Gasteiger partial charge in [-0.15, -0.1) is 0 Å². The van der Waals surface area contributed by atoms with E-state index in [1.165, 1.54) is 19.4 Å². The highest BCUT2D eigenvalue weighted by molar-refractivity contribution is 5.53. The number of rotatable bonds is 4. The molecule has 1 N–H and O–H groups in total. The van der Waals surface area contributed by atoms with Gasteiger partial charge in [0.1, 0.15) is 0 Å². The number of fused-ring (bicyclic) bond motifs is 1. The summed E-state index contributed by atoms with van der Waals surface area (Å²) < 4.78 is 5.88. The van der Waals surface area contributed by atoms with Gasteiger partial charge in [-0.3, -0.25) is 15.0 Å². The van der Waals surface area contributed by atoms with Crippen molar-refractivity contribution in [2.45, 2.75) is 31.9 Å². The van der Waals surface area contributed by atoms with Gasteiger partial charge in [-0.25, -0.2) is 0 Å². The van der Waals surface area contributed by atoms with E-state index in [4.69, 9.17) is 4.74 Å². The van der Waals surface area contributed by atoms with E-state index in [2.05, 4.69) is 10.2 Å². The number of nitro benzene ring substituents is 1. The normalized spacial score (nSPS) is 25.6. The first-order valence-corrected chi connectivity index (χ1v) is 7.47. The van der Waals surface area contributed by atoms with Crippen molar-refractivity contribution < 1.29 is 9.66 Å². The average Bonchev–Trinajstić information content (AvgIpc) is 2.92. The second kappa shape index (κ2) is 5.99. The molecule has 2 unspecified atom stereocenters. The third-order valence-electron chi connectivity index (χ3n) is 4.27. The maximum atomic E-state index is 10.9. The van der Waals surface area contributed by atoms with Gasteiger partial charge in [0.2, 0.25) is 0 Å². The number of nitrogens with zero attached hydrogens (tertiary/aromatic N) is 2. The lowest BCUT2D eigenvalue weighted by Gasteiger charge is -2.35. The van der Waals surface area contributed by atoms with Crippen LogP contribution in [-0.2, 0) is 4.74 Å². The van der Waals surface area contributed by atoms with Crippen molar-refractivity contribution in [3.63, 3.8) is 0 Å². The summed E-state index contributed by atoms with van der Waals surface area (Å²) in [5.74, 6) is 0. The molecular weight excluding hydrogens is 270 g/mol. The van der Waals surface area contributed by atoms with Crippen LogP contribution >= 0.6 is 0 Å². The van der Waals surface area contributed by atoms with Crippen LogP contribution < -0.4 is 5.32 Å². The molecule has 3 rings (SSSR count). The summed E-state index contributed by atoms with van der Waals surface area (Å²) in [5.41, 5.74) is 1.80. The van der Waals surface area contributed by atoms with Gasteiger partial charge in [0.05, 0.1) is 17.6 Å². The van der Waals surface area contributed by atoms with Gasteiger partial charge in [0.25, 0.3) is 5.69 Å². The number of anilines is 1. The molecule has 0 radical (unpaired) electrons. The monoisotopic (exact) mass is 291 g/mol. The van der Waals surface area contributed by atoms with Gasteiger partial charge in [-0.1, -0.05) is 0 Å². The van der Waals surface area contributed by atoms with Gasteiger partial charge in [0.15, 0.2) is 0 Å². The fourth-order valence-corrected chi connectivity index (χ4v) is 3.21. The second-order valence-corrected chi connectivity index (χ2v) is 5.94. The Morgan fingerprint density at radius 1 is 1.48 bits per heavy atom. The van der Waals surface area contributed by atoms with E-state index in [1.807, 2.05) is 13.0 Å². The highest BCUT2D eigenvalue weighted by Crippen LogP contribution is 2.24. The van der Waals surface area contributed by atoms with E-state index in [9.17, 15) is 10.1 Å². The zero-order valence-corrected chi connectivity index (χ0v) is 12.2.